The van der Waals surface area contributed by atoms with Gasteiger partial charge in [0.1, 0.15) is 0 Å². The number of amides is 1. The number of ether oxygens (including phenoxy) is 2. The second-order valence-corrected chi connectivity index (χ2v) is 7.16. The summed E-state index contributed by atoms with van der Waals surface area (Å²) in [6.07, 6.45) is 2.73. The number of fused-ring (bicyclic) bond motifs is 1. The van der Waals surface area contributed by atoms with Crippen LogP contribution < -0.4 is 0 Å². The van der Waals surface area contributed by atoms with Gasteiger partial charge in [-0.1, -0.05) is 20.8 Å². The molecule has 4 nitrogen and oxygen atoms in total. The van der Waals surface area contributed by atoms with Crippen LogP contribution in [0.15, 0.2) is 0 Å². The molecule has 4 heteroatoms. The van der Waals surface area contributed by atoms with Crippen molar-refractivity contribution in [3.8, 4) is 0 Å². The first kappa shape index (κ1) is 13.4. The third-order valence-corrected chi connectivity index (χ3v) is 5.94. The SMILES string of the molecule is CN1CCC2C(C)(CCC3(OCCO3)C2(C)C)C1=O. The molecular weight excluding hydrogens is 242 g/mol. The maximum Gasteiger partial charge on any atom is 0.228 e. The molecule has 3 rings (SSSR count). The molecule has 2 heterocycles. The Hall–Kier alpha value is -0.610. The molecule has 3 fully saturated rings. The van der Waals surface area contributed by atoms with Crippen LogP contribution in [-0.2, 0) is 14.3 Å². The molecular formula is C15H25NO3. The van der Waals surface area contributed by atoms with Crippen LogP contribution in [0, 0.1) is 16.7 Å². The van der Waals surface area contributed by atoms with Crippen LogP contribution in [0.4, 0.5) is 0 Å². The van der Waals surface area contributed by atoms with Gasteiger partial charge >= 0.3 is 0 Å². The minimum Gasteiger partial charge on any atom is -0.347 e. The maximum atomic E-state index is 12.6. The summed E-state index contributed by atoms with van der Waals surface area (Å²) in [5.41, 5.74) is -0.371. The van der Waals surface area contributed by atoms with Gasteiger partial charge in [0, 0.05) is 25.4 Å². The van der Waals surface area contributed by atoms with Crippen molar-refractivity contribution in [2.75, 3.05) is 26.8 Å². The van der Waals surface area contributed by atoms with Crippen molar-refractivity contribution >= 4 is 5.91 Å². The summed E-state index contributed by atoms with van der Waals surface area (Å²) in [7, 11) is 1.92. The molecule has 0 N–H and O–H groups in total. The molecule has 0 aromatic carbocycles. The fourth-order valence-electron chi connectivity index (χ4n) is 4.75. The number of nitrogens with zero attached hydrogens (tertiary/aromatic N) is 1. The standard InChI is InChI=1S/C15H25NO3/c1-13(2)11-5-8-16(4)12(17)14(11,3)6-7-15(13)18-9-10-19-15/h11H,5-10H2,1-4H3. The molecule has 1 spiro atoms. The van der Waals surface area contributed by atoms with E-state index < -0.39 is 5.79 Å². The zero-order valence-corrected chi connectivity index (χ0v) is 12.5. The molecule has 0 aromatic rings. The Morgan fingerprint density at radius 3 is 2.42 bits per heavy atom. The zero-order valence-electron chi connectivity index (χ0n) is 12.5. The summed E-state index contributed by atoms with van der Waals surface area (Å²) in [4.78, 5) is 14.5. The van der Waals surface area contributed by atoms with E-state index >= 15 is 0 Å². The Kier molecular flexibility index (Phi) is 2.78. The van der Waals surface area contributed by atoms with Gasteiger partial charge in [0.05, 0.1) is 18.6 Å². The summed E-state index contributed by atoms with van der Waals surface area (Å²) in [6.45, 7) is 8.79. The molecule has 2 aliphatic heterocycles. The Bertz CT molecular complexity index is 400. The van der Waals surface area contributed by atoms with Gasteiger partial charge in [0.15, 0.2) is 5.79 Å². The summed E-state index contributed by atoms with van der Waals surface area (Å²) in [6, 6.07) is 0. The summed E-state index contributed by atoms with van der Waals surface area (Å²) in [5.74, 6) is 0.160. The normalized spacial score (nSPS) is 40.5. The number of likely N-dealkylation sites (tertiary alicyclic amines) is 1. The van der Waals surface area contributed by atoms with E-state index in [0.29, 0.717) is 25.0 Å². The molecule has 2 unspecified atom stereocenters. The lowest BCUT2D eigenvalue weighted by molar-refractivity contribution is -0.285. The van der Waals surface area contributed by atoms with Gasteiger partial charge in [-0.25, -0.2) is 0 Å². The molecule has 0 radical (unpaired) electrons. The molecule has 0 aromatic heterocycles. The van der Waals surface area contributed by atoms with E-state index in [0.717, 1.165) is 25.8 Å². The molecule has 3 aliphatic rings. The van der Waals surface area contributed by atoms with Crippen LogP contribution in [0.2, 0.25) is 0 Å². The first-order valence-corrected chi connectivity index (χ1v) is 7.37. The Balaban J connectivity index is 1.99. The van der Waals surface area contributed by atoms with E-state index in [4.69, 9.17) is 9.47 Å². The van der Waals surface area contributed by atoms with Gasteiger partial charge in [-0.05, 0) is 18.8 Å². The predicted octanol–water partition coefficient (Wildman–Crippen LogP) is 2.03. The number of hydrogen-bond donors (Lipinski definition) is 0. The van der Waals surface area contributed by atoms with Crippen molar-refractivity contribution in [1.82, 2.24) is 4.90 Å². The van der Waals surface area contributed by atoms with Gasteiger partial charge < -0.3 is 14.4 Å². The fourth-order valence-corrected chi connectivity index (χ4v) is 4.75. The van der Waals surface area contributed by atoms with Crippen LogP contribution >= 0.6 is 0 Å². The van der Waals surface area contributed by atoms with Crippen LogP contribution in [-0.4, -0.2) is 43.4 Å². The first-order valence-electron chi connectivity index (χ1n) is 7.37. The van der Waals surface area contributed by atoms with E-state index in [1.165, 1.54) is 0 Å². The maximum absolute atomic E-state index is 12.6. The highest BCUT2D eigenvalue weighted by Crippen LogP contribution is 2.61. The van der Waals surface area contributed by atoms with Crippen molar-refractivity contribution in [3.05, 3.63) is 0 Å². The molecule has 1 aliphatic carbocycles. The highest BCUT2D eigenvalue weighted by Gasteiger charge is 2.65. The summed E-state index contributed by atoms with van der Waals surface area (Å²) in [5, 5.41) is 0. The predicted molar refractivity (Wildman–Crippen MR) is 71.5 cm³/mol. The van der Waals surface area contributed by atoms with Crippen molar-refractivity contribution < 1.29 is 14.3 Å². The number of carbonyl (C=O) groups excluding carboxylic acids is 1. The van der Waals surface area contributed by atoms with Crippen LogP contribution in [0.5, 0.6) is 0 Å². The molecule has 19 heavy (non-hydrogen) atoms. The first-order chi connectivity index (χ1) is 8.83. The van der Waals surface area contributed by atoms with Crippen LogP contribution in [0.1, 0.15) is 40.0 Å². The Labute approximate surface area is 115 Å². The monoisotopic (exact) mass is 267 g/mol. The molecule has 0 bridgehead atoms. The van der Waals surface area contributed by atoms with Gasteiger partial charge in [0.25, 0.3) is 0 Å². The largest absolute Gasteiger partial charge is 0.347 e. The van der Waals surface area contributed by atoms with Gasteiger partial charge in [0.2, 0.25) is 5.91 Å². The van der Waals surface area contributed by atoms with Crippen LogP contribution in [0.3, 0.4) is 0 Å². The van der Waals surface area contributed by atoms with Gasteiger partial charge in [-0.2, -0.15) is 0 Å². The van der Waals surface area contributed by atoms with Crippen molar-refractivity contribution in [3.63, 3.8) is 0 Å². The molecule has 1 amide bonds. The molecule has 108 valence electrons. The number of hydrogen-bond acceptors (Lipinski definition) is 3. The third-order valence-electron chi connectivity index (χ3n) is 5.94. The van der Waals surface area contributed by atoms with E-state index in [-0.39, 0.29) is 10.8 Å². The summed E-state index contributed by atoms with van der Waals surface area (Å²) >= 11 is 0. The van der Waals surface area contributed by atoms with Crippen molar-refractivity contribution in [1.29, 1.82) is 0 Å². The van der Waals surface area contributed by atoms with E-state index in [9.17, 15) is 4.79 Å². The van der Waals surface area contributed by atoms with E-state index in [1.807, 2.05) is 11.9 Å². The topological polar surface area (TPSA) is 38.8 Å². The minimum atomic E-state index is -0.465. The van der Waals surface area contributed by atoms with E-state index in [2.05, 4.69) is 20.8 Å². The number of rotatable bonds is 0. The summed E-state index contributed by atoms with van der Waals surface area (Å²) < 4.78 is 12.0. The van der Waals surface area contributed by atoms with Crippen LogP contribution in [0.25, 0.3) is 0 Å². The second kappa shape index (κ2) is 3.95. The molecule has 1 saturated carbocycles. The second-order valence-electron chi connectivity index (χ2n) is 7.16. The highest BCUT2D eigenvalue weighted by molar-refractivity contribution is 5.83. The highest BCUT2D eigenvalue weighted by atomic mass is 16.7. The average molecular weight is 267 g/mol. The number of carbonyl (C=O) groups is 1. The van der Waals surface area contributed by atoms with Crippen molar-refractivity contribution in [2.24, 2.45) is 16.7 Å². The van der Waals surface area contributed by atoms with Crippen molar-refractivity contribution in [2.45, 2.75) is 45.8 Å². The lowest BCUT2D eigenvalue weighted by Crippen LogP contribution is -2.64. The average Bonchev–Trinajstić information content (AvgIpc) is 2.82. The number of piperidine rings is 1. The van der Waals surface area contributed by atoms with E-state index in [1.54, 1.807) is 0 Å². The van der Waals surface area contributed by atoms with Gasteiger partial charge in [-0.15, -0.1) is 0 Å². The fraction of sp³-hybridized carbons (Fsp3) is 0.933. The Morgan fingerprint density at radius 2 is 1.79 bits per heavy atom. The lowest BCUT2D eigenvalue weighted by atomic mass is 9.51. The van der Waals surface area contributed by atoms with Gasteiger partial charge in [-0.3, -0.25) is 4.79 Å². The minimum absolute atomic E-state index is 0.118. The molecule has 2 saturated heterocycles. The Morgan fingerprint density at radius 1 is 1.16 bits per heavy atom. The molecule has 2 atom stereocenters. The third kappa shape index (κ3) is 1.56. The quantitative estimate of drug-likeness (QED) is 0.674. The zero-order chi connectivity index (χ0) is 13.9. The lowest BCUT2D eigenvalue weighted by Gasteiger charge is -2.59. The smallest absolute Gasteiger partial charge is 0.228 e.